The molecule has 16 heavy (non-hydrogen) atoms. The Morgan fingerprint density at radius 1 is 1.00 bits per heavy atom. The molecule has 0 unspecified atom stereocenters. The van der Waals surface area contributed by atoms with Gasteiger partial charge in [-0.1, -0.05) is 12.8 Å². The SMILES string of the molecule is O=S(=O)(OC12CCC(CC1)C2)C1CCCC1. The molecule has 4 heteroatoms. The van der Waals surface area contributed by atoms with Crippen LogP contribution in [0.1, 0.15) is 57.8 Å². The molecule has 92 valence electrons. The Kier molecular flexibility index (Phi) is 2.55. The molecule has 3 saturated carbocycles. The van der Waals surface area contributed by atoms with Crippen molar-refractivity contribution in [3.63, 3.8) is 0 Å². The first-order valence-electron chi connectivity index (χ1n) is 6.54. The van der Waals surface area contributed by atoms with E-state index in [-0.39, 0.29) is 10.9 Å². The average Bonchev–Trinajstić information content (AvgIpc) is 2.92. The third-order valence-corrected chi connectivity index (χ3v) is 6.55. The van der Waals surface area contributed by atoms with Gasteiger partial charge in [0.2, 0.25) is 0 Å². The third kappa shape index (κ3) is 1.80. The average molecular weight is 244 g/mol. The summed E-state index contributed by atoms with van der Waals surface area (Å²) in [5.74, 6) is 0.735. The lowest BCUT2D eigenvalue weighted by Crippen LogP contribution is -2.34. The van der Waals surface area contributed by atoms with Crippen LogP contribution in [0.3, 0.4) is 0 Å². The molecule has 3 aliphatic carbocycles. The highest BCUT2D eigenvalue weighted by molar-refractivity contribution is 7.87. The molecule has 0 aromatic carbocycles. The van der Waals surface area contributed by atoms with Gasteiger partial charge in [0.05, 0.1) is 10.9 Å². The molecule has 0 spiro atoms. The molecule has 0 saturated heterocycles. The van der Waals surface area contributed by atoms with E-state index in [1.807, 2.05) is 0 Å². The highest BCUT2D eigenvalue weighted by Gasteiger charge is 2.49. The Labute approximate surface area is 97.7 Å². The Morgan fingerprint density at radius 2 is 1.62 bits per heavy atom. The lowest BCUT2D eigenvalue weighted by atomic mass is 9.98. The topological polar surface area (TPSA) is 43.4 Å². The summed E-state index contributed by atoms with van der Waals surface area (Å²) in [6.45, 7) is 0. The smallest absolute Gasteiger partial charge is 0.263 e. The van der Waals surface area contributed by atoms with Crippen molar-refractivity contribution >= 4 is 10.1 Å². The van der Waals surface area contributed by atoms with E-state index >= 15 is 0 Å². The van der Waals surface area contributed by atoms with Crippen molar-refractivity contribution in [3.05, 3.63) is 0 Å². The summed E-state index contributed by atoms with van der Waals surface area (Å²) in [5.41, 5.74) is -0.286. The van der Waals surface area contributed by atoms with Gasteiger partial charge in [-0.25, -0.2) is 0 Å². The van der Waals surface area contributed by atoms with Crippen LogP contribution in [-0.2, 0) is 14.3 Å². The molecule has 0 heterocycles. The first-order valence-corrected chi connectivity index (χ1v) is 8.01. The van der Waals surface area contributed by atoms with Crippen molar-refractivity contribution in [2.45, 2.75) is 68.6 Å². The highest BCUT2D eigenvalue weighted by Crippen LogP contribution is 2.51. The summed E-state index contributed by atoms with van der Waals surface area (Å²) in [7, 11) is -3.29. The van der Waals surface area contributed by atoms with Crippen LogP contribution >= 0.6 is 0 Å². The van der Waals surface area contributed by atoms with Crippen LogP contribution in [-0.4, -0.2) is 19.3 Å². The molecule has 2 bridgehead atoms. The minimum Gasteiger partial charge on any atom is -0.263 e. The van der Waals surface area contributed by atoms with Crippen LogP contribution in [0.25, 0.3) is 0 Å². The molecule has 3 rings (SSSR count). The fraction of sp³-hybridized carbons (Fsp3) is 1.00. The minimum absolute atomic E-state index is 0.207. The number of hydrogen-bond donors (Lipinski definition) is 0. The molecule has 3 nitrogen and oxygen atoms in total. The lowest BCUT2D eigenvalue weighted by Gasteiger charge is -2.27. The maximum absolute atomic E-state index is 12.1. The summed E-state index contributed by atoms with van der Waals surface area (Å²) >= 11 is 0. The Morgan fingerprint density at radius 3 is 2.12 bits per heavy atom. The van der Waals surface area contributed by atoms with Crippen LogP contribution in [0.5, 0.6) is 0 Å². The predicted molar refractivity (Wildman–Crippen MR) is 61.6 cm³/mol. The van der Waals surface area contributed by atoms with Gasteiger partial charge in [-0.15, -0.1) is 0 Å². The Bertz CT molecular complexity index is 360. The summed E-state index contributed by atoms with van der Waals surface area (Å²) in [6, 6.07) is 0. The zero-order valence-corrected chi connectivity index (χ0v) is 10.5. The van der Waals surface area contributed by atoms with Crippen molar-refractivity contribution in [2.75, 3.05) is 0 Å². The maximum Gasteiger partial charge on any atom is 0.270 e. The van der Waals surface area contributed by atoms with Gasteiger partial charge in [0.25, 0.3) is 10.1 Å². The van der Waals surface area contributed by atoms with E-state index < -0.39 is 10.1 Å². The van der Waals surface area contributed by atoms with E-state index in [0.717, 1.165) is 50.9 Å². The second-order valence-electron chi connectivity index (χ2n) is 5.81. The van der Waals surface area contributed by atoms with Gasteiger partial charge in [0, 0.05) is 0 Å². The van der Waals surface area contributed by atoms with Gasteiger partial charge >= 0.3 is 0 Å². The molecule has 0 atom stereocenters. The first-order chi connectivity index (χ1) is 7.60. The largest absolute Gasteiger partial charge is 0.270 e. The molecule has 3 aliphatic rings. The second kappa shape index (κ2) is 3.70. The number of hydrogen-bond acceptors (Lipinski definition) is 3. The van der Waals surface area contributed by atoms with Crippen LogP contribution in [0, 0.1) is 5.92 Å². The molecule has 0 radical (unpaired) electrons. The zero-order valence-electron chi connectivity index (χ0n) is 9.65. The van der Waals surface area contributed by atoms with Gasteiger partial charge < -0.3 is 0 Å². The zero-order chi connectivity index (χ0) is 11.2. The highest BCUT2D eigenvalue weighted by atomic mass is 32.2. The molecular weight excluding hydrogens is 224 g/mol. The van der Waals surface area contributed by atoms with Crippen molar-refractivity contribution < 1.29 is 12.6 Å². The van der Waals surface area contributed by atoms with Gasteiger partial charge in [0.1, 0.15) is 0 Å². The molecule has 3 fully saturated rings. The van der Waals surface area contributed by atoms with Crippen molar-refractivity contribution in [2.24, 2.45) is 5.92 Å². The molecule has 0 amide bonds. The van der Waals surface area contributed by atoms with Crippen molar-refractivity contribution in [1.29, 1.82) is 0 Å². The predicted octanol–water partition coefficient (Wildman–Crippen LogP) is 2.61. The molecule has 0 N–H and O–H groups in total. The van der Waals surface area contributed by atoms with Gasteiger partial charge in [0.15, 0.2) is 0 Å². The van der Waals surface area contributed by atoms with Crippen molar-refractivity contribution in [1.82, 2.24) is 0 Å². The molecule has 0 aliphatic heterocycles. The van der Waals surface area contributed by atoms with Gasteiger partial charge in [-0.2, -0.15) is 8.42 Å². The summed E-state index contributed by atoms with van der Waals surface area (Å²) in [6.07, 6.45) is 8.95. The molecule has 0 aromatic rings. The van der Waals surface area contributed by atoms with E-state index in [0.29, 0.717) is 0 Å². The summed E-state index contributed by atoms with van der Waals surface area (Å²) in [4.78, 5) is 0. The number of fused-ring (bicyclic) bond motifs is 2. The molecule has 0 aromatic heterocycles. The first kappa shape index (κ1) is 11.0. The van der Waals surface area contributed by atoms with E-state index in [2.05, 4.69) is 0 Å². The fourth-order valence-corrected chi connectivity index (χ4v) is 5.52. The Balaban J connectivity index is 1.73. The fourth-order valence-electron chi connectivity index (χ4n) is 3.75. The van der Waals surface area contributed by atoms with E-state index in [1.165, 1.54) is 12.8 Å². The summed E-state index contributed by atoms with van der Waals surface area (Å²) < 4.78 is 29.9. The lowest BCUT2D eigenvalue weighted by molar-refractivity contribution is 0.0864. The minimum atomic E-state index is -3.29. The standard InChI is InChI=1S/C12H20O3S/c13-16(14,11-3-1-2-4-11)15-12-7-5-10(9-12)6-8-12/h10-11H,1-9H2. The maximum atomic E-state index is 12.1. The van der Waals surface area contributed by atoms with E-state index in [1.54, 1.807) is 0 Å². The van der Waals surface area contributed by atoms with E-state index in [9.17, 15) is 8.42 Å². The van der Waals surface area contributed by atoms with Crippen LogP contribution in [0.2, 0.25) is 0 Å². The van der Waals surface area contributed by atoms with E-state index in [4.69, 9.17) is 4.18 Å². The second-order valence-corrected chi connectivity index (χ2v) is 7.63. The third-order valence-electron chi connectivity index (χ3n) is 4.68. The normalized spacial score (nSPS) is 39.6. The van der Waals surface area contributed by atoms with Crippen LogP contribution in [0.15, 0.2) is 0 Å². The Hall–Kier alpha value is -0.0900. The van der Waals surface area contributed by atoms with Crippen LogP contribution in [0.4, 0.5) is 0 Å². The van der Waals surface area contributed by atoms with Crippen LogP contribution < -0.4 is 0 Å². The van der Waals surface area contributed by atoms with Gasteiger partial charge in [-0.05, 0) is 50.9 Å². The molecular formula is C12H20O3S. The quantitative estimate of drug-likeness (QED) is 0.717. The van der Waals surface area contributed by atoms with Gasteiger partial charge in [-0.3, -0.25) is 4.18 Å². The summed E-state index contributed by atoms with van der Waals surface area (Å²) in [5, 5.41) is -0.207. The van der Waals surface area contributed by atoms with Crippen molar-refractivity contribution in [3.8, 4) is 0 Å². The number of rotatable bonds is 3. The monoisotopic (exact) mass is 244 g/mol.